The van der Waals surface area contributed by atoms with Gasteiger partial charge in [-0.15, -0.1) is 0 Å². The zero-order valence-electron chi connectivity index (χ0n) is 24.0. The van der Waals surface area contributed by atoms with E-state index in [0.29, 0.717) is 31.4 Å². The highest BCUT2D eigenvalue weighted by molar-refractivity contribution is 5.88. The number of carbonyl (C=O) groups is 1. The standard InChI is InChI=1S/C32H44F5NO3/c1-31(38,20-19-30(39)40)24-14-17-26-22(21-24)11-18-28(41-25-15-12-23(13-16-25)32(35,36)37)27(26)9-7-5-3-2-4-6-8-10-29(33)34/h11,14,17-18,21,23,25,29H,2-10,12-13,15-16,19-20,38H2,1H3,(H,39,40). The van der Waals surface area contributed by atoms with E-state index in [1.165, 1.54) is 0 Å². The number of ether oxygens (including phenoxy) is 1. The SMILES string of the molecule is CC(N)(CCC(=O)O)c1ccc2c(CCCCCCCCCC(F)F)c(OC3CCC(C(F)(F)F)CC3)ccc2c1. The lowest BCUT2D eigenvalue weighted by atomic mass is 9.86. The summed E-state index contributed by atoms with van der Waals surface area (Å²) >= 11 is 0. The molecule has 230 valence electrons. The third kappa shape index (κ3) is 10.4. The molecule has 1 atom stereocenters. The molecule has 0 aromatic heterocycles. The number of alkyl halides is 5. The first-order chi connectivity index (χ1) is 19.4. The van der Waals surface area contributed by atoms with Gasteiger partial charge in [0.2, 0.25) is 6.43 Å². The van der Waals surface area contributed by atoms with Gasteiger partial charge in [-0.05, 0) is 86.8 Å². The largest absolute Gasteiger partial charge is 0.490 e. The number of carboxylic acids is 1. The molecule has 1 aliphatic rings. The summed E-state index contributed by atoms with van der Waals surface area (Å²) in [7, 11) is 0. The topological polar surface area (TPSA) is 72.6 Å². The second-order valence-corrected chi connectivity index (χ2v) is 11.8. The number of rotatable bonds is 16. The summed E-state index contributed by atoms with van der Waals surface area (Å²) < 4.78 is 70.4. The second kappa shape index (κ2) is 15.2. The number of hydrogen-bond acceptors (Lipinski definition) is 3. The Kier molecular flexibility index (Phi) is 12.2. The van der Waals surface area contributed by atoms with Gasteiger partial charge in [0.25, 0.3) is 0 Å². The van der Waals surface area contributed by atoms with E-state index in [1.807, 2.05) is 37.3 Å². The minimum Gasteiger partial charge on any atom is -0.490 e. The number of unbranched alkanes of at least 4 members (excludes halogenated alkanes) is 6. The van der Waals surface area contributed by atoms with Crippen LogP contribution in [0.3, 0.4) is 0 Å². The molecule has 1 fully saturated rings. The van der Waals surface area contributed by atoms with Crippen LogP contribution in [-0.2, 0) is 16.8 Å². The van der Waals surface area contributed by atoms with E-state index in [4.69, 9.17) is 15.6 Å². The molecule has 1 saturated carbocycles. The maximum Gasteiger partial charge on any atom is 0.391 e. The Balaban J connectivity index is 1.71. The quantitative estimate of drug-likeness (QED) is 0.152. The fraction of sp³-hybridized carbons (Fsp3) is 0.656. The maximum absolute atomic E-state index is 13.2. The zero-order chi connectivity index (χ0) is 30.0. The molecule has 1 unspecified atom stereocenters. The summed E-state index contributed by atoms with van der Waals surface area (Å²) in [5.74, 6) is -1.46. The highest BCUT2D eigenvalue weighted by Crippen LogP contribution is 2.40. The highest BCUT2D eigenvalue weighted by Gasteiger charge is 2.41. The van der Waals surface area contributed by atoms with Crippen LogP contribution in [0.5, 0.6) is 5.75 Å². The van der Waals surface area contributed by atoms with Crippen LogP contribution in [-0.4, -0.2) is 29.8 Å². The van der Waals surface area contributed by atoms with Crippen LogP contribution < -0.4 is 10.5 Å². The van der Waals surface area contributed by atoms with Gasteiger partial charge in [-0.3, -0.25) is 4.79 Å². The number of nitrogens with two attached hydrogens (primary N) is 1. The van der Waals surface area contributed by atoms with Crippen molar-refractivity contribution in [1.82, 2.24) is 0 Å². The Labute approximate surface area is 239 Å². The van der Waals surface area contributed by atoms with E-state index in [-0.39, 0.29) is 31.8 Å². The number of hydrogen-bond donors (Lipinski definition) is 2. The van der Waals surface area contributed by atoms with Crippen molar-refractivity contribution < 1.29 is 36.6 Å². The summed E-state index contributed by atoms with van der Waals surface area (Å²) in [6.07, 6.45) is 1.39. The van der Waals surface area contributed by atoms with Crippen molar-refractivity contribution in [2.45, 2.75) is 127 Å². The van der Waals surface area contributed by atoms with Crippen LogP contribution in [0.4, 0.5) is 22.0 Å². The minimum absolute atomic E-state index is 0.0354. The summed E-state index contributed by atoms with van der Waals surface area (Å²) in [5.41, 5.74) is 7.52. The van der Waals surface area contributed by atoms with Gasteiger partial charge < -0.3 is 15.6 Å². The summed E-state index contributed by atoms with van der Waals surface area (Å²) in [6.45, 7) is 1.82. The smallest absolute Gasteiger partial charge is 0.391 e. The molecule has 2 aromatic carbocycles. The molecule has 0 spiro atoms. The van der Waals surface area contributed by atoms with Gasteiger partial charge in [-0.2, -0.15) is 13.2 Å². The molecular weight excluding hydrogens is 541 g/mol. The molecule has 0 radical (unpaired) electrons. The highest BCUT2D eigenvalue weighted by atomic mass is 19.4. The van der Waals surface area contributed by atoms with Gasteiger partial charge in [-0.1, -0.05) is 50.3 Å². The van der Waals surface area contributed by atoms with Gasteiger partial charge in [0.15, 0.2) is 0 Å². The van der Waals surface area contributed by atoms with Crippen LogP contribution in [0.1, 0.15) is 108 Å². The van der Waals surface area contributed by atoms with E-state index in [1.54, 1.807) is 0 Å². The molecule has 0 saturated heterocycles. The van der Waals surface area contributed by atoms with Gasteiger partial charge in [0.1, 0.15) is 5.75 Å². The van der Waals surface area contributed by atoms with Crippen molar-refractivity contribution in [2.75, 3.05) is 0 Å². The van der Waals surface area contributed by atoms with Crippen LogP contribution in [0.25, 0.3) is 10.8 Å². The first kappa shape index (κ1) is 33.1. The van der Waals surface area contributed by atoms with E-state index in [0.717, 1.165) is 66.8 Å². The summed E-state index contributed by atoms with van der Waals surface area (Å²) in [6, 6.07) is 9.73. The zero-order valence-corrected chi connectivity index (χ0v) is 24.0. The van der Waals surface area contributed by atoms with Crippen LogP contribution >= 0.6 is 0 Å². The molecule has 0 heterocycles. The Morgan fingerprint density at radius 2 is 1.61 bits per heavy atom. The Morgan fingerprint density at radius 3 is 2.22 bits per heavy atom. The van der Waals surface area contributed by atoms with Crippen molar-refractivity contribution in [3.63, 3.8) is 0 Å². The monoisotopic (exact) mass is 585 g/mol. The van der Waals surface area contributed by atoms with Crippen LogP contribution in [0.15, 0.2) is 30.3 Å². The molecule has 0 aliphatic heterocycles. The Bertz CT molecular complexity index is 1110. The molecule has 1 aliphatic carbocycles. The Morgan fingerprint density at radius 1 is 0.976 bits per heavy atom. The first-order valence-corrected chi connectivity index (χ1v) is 14.9. The van der Waals surface area contributed by atoms with E-state index < -0.39 is 30.0 Å². The molecule has 3 N–H and O–H groups in total. The lowest BCUT2D eigenvalue weighted by molar-refractivity contribution is -0.185. The average molecular weight is 586 g/mol. The predicted octanol–water partition coefficient (Wildman–Crippen LogP) is 9.31. The molecule has 9 heteroatoms. The molecule has 3 rings (SSSR count). The van der Waals surface area contributed by atoms with Crippen molar-refractivity contribution in [2.24, 2.45) is 11.7 Å². The third-order valence-electron chi connectivity index (χ3n) is 8.39. The first-order valence-electron chi connectivity index (χ1n) is 14.9. The van der Waals surface area contributed by atoms with E-state index in [9.17, 15) is 26.7 Å². The van der Waals surface area contributed by atoms with E-state index in [2.05, 4.69) is 0 Å². The van der Waals surface area contributed by atoms with Crippen LogP contribution in [0.2, 0.25) is 0 Å². The molecular formula is C32H44F5NO3. The normalized spacial score (nSPS) is 19.4. The number of aryl methyl sites for hydroxylation is 1. The van der Waals surface area contributed by atoms with E-state index >= 15 is 0 Å². The maximum atomic E-state index is 13.2. The van der Waals surface area contributed by atoms with Crippen molar-refractivity contribution in [3.8, 4) is 5.75 Å². The van der Waals surface area contributed by atoms with Gasteiger partial charge in [0.05, 0.1) is 12.0 Å². The molecule has 0 amide bonds. The Hall–Kier alpha value is -2.42. The van der Waals surface area contributed by atoms with Crippen molar-refractivity contribution in [3.05, 3.63) is 41.5 Å². The van der Waals surface area contributed by atoms with Gasteiger partial charge in [0, 0.05) is 23.9 Å². The van der Waals surface area contributed by atoms with Crippen LogP contribution in [0, 0.1) is 5.92 Å². The number of aliphatic carboxylic acids is 1. The van der Waals surface area contributed by atoms with Gasteiger partial charge >= 0.3 is 12.1 Å². The predicted molar refractivity (Wildman–Crippen MR) is 151 cm³/mol. The fourth-order valence-electron chi connectivity index (χ4n) is 5.78. The second-order valence-electron chi connectivity index (χ2n) is 11.8. The minimum atomic E-state index is -4.17. The summed E-state index contributed by atoms with van der Waals surface area (Å²) in [5, 5.41) is 11.0. The van der Waals surface area contributed by atoms with Gasteiger partial charge in [-0.25, -0.2) is 8.78 Å². The molecule has 0 bridgehead atoms. The number of carboxylic acid groups (broad SMARTS) is 1. The third-order valence-corrected chi connectivity index (χ3v) is 8.39. The lowest BCUT2D eigenvalue weighted by Crippen LogP contribution is -2.33. The van der Waals surface area contributed by atoms with Crippen molar-refractivity contribution >= 4 is 16.7 Å². The molecule has 2 aromatic rings. The summed E-state index contributed by atoms with van der Waals surface area (Å²) in [4.78, 5) is 11.1. The molecule has 4 nitrogen and oxygen atoms in total. The average Bonchev–Trinajstić information content (AvgIpc) is 2.91. The fourth-order valence-corrected chi connectivity index (χ4v) is 5.78. The van der Waals surface area contributed by atoms with Crippen molar-refractivity contribution in [1.29, 1.82) is 0 Å². The lowest BCUT2D eigenvalue weighted by Gasteiger charge is -2.31. The number of fused-ring (bicyclic) bond motifs is 1. The number of benzene rings is 2. The molecule has 41 heavy (non-hydrogen) atoms. The number of halogens is 5.